The summed E-state index contributed by atoms with van der Waals surface area (Å²) in [5, 5.41) is 2.18. The number of rotatable bonds is 5. The fourth-order valence-corrected chi connectivity index (χ4v) is 3.77. The number of nitrogens with one attached hydrogen (secondary N) is 1. The van der Waals surface area contributed by atoms with E-state index >= 15 is 0 Å². The summed E-state index contributed by atoms with van der Waals surface area (Å²) >= 11 is 11.9. The van der Waals surface area contributed by atoms with Crippen LogP contribution in [0.25, 0.3) is 6.08 Å². The lowest BCUT2D eigenvalue weighted by Crippen LogP contribution is -2.36. The van der Waals surface area contributed by atoms with Gasteiger partial charge in [0.25, 0.3) is 10.0 Å². The summed E-state index contributed by atoms with van der Waals surface area (Å²) in [4.78, 5) is 2.07. The Hall–Kier alpha value is -1.73. The van der Waals surface area contributed by atoms with Gasteiger partial charge in [-0.15, -0.1) is 0 Å². The third-order valence-electron chi connectivity index (χ3n) is 3.87. The van der Waals surface area contributed by atoms with Crippen molar-refractivity contribution in [3.63, 3.8) is 0 Å². The second-order valence-electron chi connectivity index (χ2n) is 5.76. The summed E-state index contributed by atoms with van der Waals surface area (Å²) < 4.78 is 32.9. The van der Waals surface area contributed by atoms with Gasteiger partial charge in [0, 0.05) is 23.1 Å². The van der Waals surface area contributed by atoms with Gasteiger partial charge in [-0.1, -0.05) is 35.3 Å². The lowest BCUT2D eigenvalue weighted by Gasteiger charge is -2.30. The van der Waals surface area contributed by atoms with Crippen LogP contribution in [0.15, 0.2) is 47.9 Å². The second-order valence-corrected chi connectivity index (χ2v) is 8.20. The first-order chi connectivity index (χ1) is 12.4. The molecule has 1 fully saturated rings. The minimum atomic E-state index is -3.70. The molecule has 1 aliphatic heterocycles. The van der Waals surface area contributed by atoms with Gasteiger partial charge in [-0.2, -0.15) is 0 Å². The molecular formula is C18H18Cl2N2O3S. The molecule has 0 aliphatic carbocycles. The summed E-state index contributed by atoms with van der Waals surface area (Å²) in [6, 6.07) is 12.1. The average molecular weight is 413 g/mol. The van der Waals surface area contributed by atoms with E-state index in [1.807, 2.05) is 6.07 Å². The van der Waals surface area contributed by atoms with Crippen LogP contribution in [0.5, 0.6) is 0 Å². The van der Waals surface area contributed by atoms with E-state index < -0.39 is 10.0 Å². The van der Waals surface area contributed by atoms with Crippen LogP contribution < -0.4 is 9.62 Å². The maximum atomic E-state index is 12.5. The maximum absolute atomic E-state index is 12.5. The van der Waals surface area contributed by atoms with Crippen molar-refractivity contribution in [2.75, 3.05) is 35.9 Å². The zero-order valence-corrected chi connectivity index (χ0v) is 16.2. The lowest BCUT2D eigenvalue weighted by atomic mass is 10.2. The van der Waals surface area contributed by atoms with E-state index in [4.69, 9.17) is 27.9 Å². The number of hydrogen-bond acceptors (Lipinski definition) is 4. The largest absolute Gasteiger partial charge is 0.378 e. The zero-order chi connectivity index (χ0) is 18.6. The topological polar surface area (TPSA) is 58.6 Å². The van der Waals surface area contributed by atoms with Gasteiger partial charge in [0.1, 0.15) is 0 Å². The van der Waals surface area contributed by atoms with Crippen molar-refractivity contribution in [3.05, 3.63) is 63.5 Å². The van der Waals surface area contributed by atoms with Crippen LogP contribution in [0, 0.1) is 0 Å². The average Bonchev–Trinajstić information content (AvgIpc) is 2.62. The Balaban J connectivity index is 1.82. The zero-order valence-electron chi connectivity index (χ0n) is 13.9. The molecule has 3 rings (SSSR count). The van der Waals surface area contributed by atoms with E-state index in [2.05, 4.69) is 9.62 Å². The van der Waals surface area contributed by atoms with Crippen molar-refractivity contribution in [1.82, 2.24) is 0 Å². The monoisotopic (exact) mass is 412 g/mol. The molecule has 26 heavy (non-hydrogen) atoms. The Morgan fingerprint density at radius 2 is 1.65 bits per heavy atom. The molecule has 0 spiro atoms. The molecule has 0 saturated carbocycles. The highest BCUT2D eigenvalue weighted by molar-refractivity contribution is 7.95. The predicted molar refractivity (Wildman–Crippen MR) is 108 cm³/mol. The van der Waals surface area contributed by atoms with E-state index in [9.17, 15) is 8.42 Å². The van der Waals surface area contributed by atoms with Gasteiger partial charge in [0.2, 0.25) is 0 Å². The molecule has 0 atom stereocenters. The molecule has 1 saturated heterocycles. The molecule has 138 valence electrons. The van der Waals surface area contributed by atoms with E-state index in [1.165, 1.54) is 6.08 Å². The van der Waals surface area contributed by atoms with Gasteiger partial charge in [-0.25, -0.2) is 8.42 Å². The summed E-state index contributed by atoms with van der Waals surface area (Å²) in [6.07, 6.45) is 1.51. The van der Waals surface area contributed by atoms with Crippen molar-refractivity contribution in [1.29, 1.82) is 0 Å². The van der Waals surface area contributed by atoms with E-state index in [0.29, 0.717) is 42.0 Å². The molecule has 1 aliphatic rings. The fraction of sp³-hybridized carbons (Fsp3) is 0.222. The van der Waals surface area contributed by atoms with Gasteiger partial charge < -0.3 is 9.64 Å². The van der Waals surface area contributed by atoms with Gasteiger partial charge in [0.15, 0.2) is 0 Å². The van der Waals surface area contributed by atoms with Crippen molar-refractivity contribution < 1.29 is 13.2 Å². The van der Waals surface area contributed by atoms with Crippen LogP contribution >= 0.6 is 23.2 Å². The van der Waals surface area contributed by atoms with Crippen molar-refractivity contribution in [2.24, 2.45) is 0 Å². The van der Waals surface area contributed by atoms with E-state index in [0.717, 1.165) is 16.7 Å². The minimum absolute atomic E-state index is 0.445. The Kier molecular flexibility index (Phi) is 6.09. The van der Waals surface area contributed by atoms with Crippen molar-refractivity contribution in [3.8, 4) is 0 Å². The molecule has 0 aromatic heterocycles. The molecule has 5 nitrogen and oxygen atoms in total. The molecule has 2 aromatic carbocycles. The molecule has 1 N–H and O–H groups in total. The number of nitrogens with zero attached hydrogens (tertiary/aromatic N) is 1. The summed E-state index contributed by atoms with van der Waals surface area (Å²) in [5.41, 5.74) is 1.96. The van der Waals surface area contributed by atoms with Gasteiger partial charge in [-0.3, -0.25) is 4.72 Å². The second kappa shape index (κ2) is 8.31. The summed E-state index contributed by atoms with van der Waals surface area (Å²) in [5.74, 6) is 0. The Labute approximate surface area is 163 Å². The number of sulfonamides is 1. The molecule has 0 unspecified atom stereocenters. The normalized spacial score (nSPS) is 15.4. The predicted octanol–water partition coefficient (Wildman–Crippen LogP) is 4.24. The van der Waals surface area contributed by atoms with E-state index in [1.54, 1.807) is 36.4 Å². The highest BCUT2D eigenvalue weighted by atomic mass is 35.5. The number of benzene rings is 2. The first kappa shape index (κ1) is 19.0. The van der Waals surface area contributed by atoms with E-state index in [-0.39, 0.29) is 0 Å². The van der Waals surface area contributed by atoms with Crippen LogP contribution in [-0.4, -0.2) is 34.7 Å². The van der Waals surface area contributed by atoms with Gasteiger partial charge in [-0.05, 0) is 42.0 Å². The third-order valence-corrected chi connectivity index (χ3v) is 5.36. The number of halogens is 2. The molecule has 0 amide bonds. The maximum Gasteiger partial charge on any atom is 0.255 e. The number of morpholine rings is 1. The molecule has 1 heterocycles. The van der Waals surface area contributed by atoms with Crippen molar-refractivity contribution >= 4 is 50.7 Å². The van der Waals surface area contributed by atoms with Crippen molar-refractivity contribution in [2.45, 2.75) is 0 Å². The van der Waals surface area contributed by atoms with Crippen LogP contribution in [0.3, 0.4) is 0 Å². The quantitative estimate of drug-likeness (QED) is 0.797. The molecule has 0 bridgehead atoms. The summed E-state index contributed by atoms with van der Waals surface area (Å²) in [7, 11) is -3.70. The SMILES string of the molecule is O=S(=O)(/C=C/c1ccc(Cl)cc1)Nc1cc(Cl)ccc1N1CCOCC1. The first-order valence-electron chi connectivity index (χ1n) is 8.02. The molecule has 0 radical (unpaired) electrons. The molecular weight excluding hydrogens is 395 g/mol. The molecule has 8 heteroatoms. The number of ether oxygens (including phenoxy) is 1. The summed E-state index contributed by atoms with van der Waals surface area (Å²) in [6.45, 7) is 2.59. The number of hydrogen-bond donors (Lipinski definition) is 1. The number of anilines is 2. The smallest absolute Gasteiger partial charge is 0.255 e. The standard InChI is InChI=1S/C18H18Cl2N2O3S/c19-15-3-1-14(2-4-15)7-12-26(23,24)21-17-13-16(20)5-6-18(17)22-8-10-25-11-9-22/h1-7,12-13,21H,8-11H2/b12-7+. The Morgan fingerprint density at radius 1 is 1.00 bits per heavy atom. The Bertz CT molecular complexity index is 893. The van der Waals surface area contributed by atoms with Crippen LogP contribution in [0.4, 0.5) is 11.4 Å². The Morgan fingerprint density at radius 3 is 2.35 bits per heavy atom. The minimum Gasteiger partial charge on any atom is -0.378 e. The fourth-order valence-electron chi connectivity index (χ4n) is 2.60. The van der Waals surface area contributed by atoms with Gasteiger partial charge in [0.05, 0.1) is 30.0 Å². The van der Waals surface area contributed by atoms with Crippen LogP contribution in [0.2, 0.25) is 10.0 Å². The van der Waals surface area contributed by atoms with Gasteiger partial charge >= 0.3 is 0 Å². The highest BCUT2D eigenvalue weighted by Gasteiger charge is 2.17. The van der Waals surface area contributed by atoms with Crippen LogP contribution in [0.1, 0.15) is 5.56 Å². The lowest BCUT2D eigenvalue weighted by molar-refractivity contribution is 0.123. The first-order valence-corrected chi connectivity index (χ1v) is 10.3. The van der Waals surface area contributed by atoms with Crippen LogP contribution in [-0.2, 0) is 14.8 Å². The molecule has 2 aromatic rings. The third kappa shape index (κ3) is 5.14. The highest BCUT2D eigenvalue weighted by Crippen LogP contribution is 2.31.